The van der Waals surface area contributed by atoms with E-state index in [0.29, 0.717) is 13.3 Å². The minimum atomic E-state index is 0.297. The summed E-state index contributed by atoms with van der Waals surface area (Å²) < 4.78 is 0. The number of benzene rings is 1. The quantitative estimate of drug-likeness (QED) is 0.825. The molecule has 3 heteroatoms. The fraction of sp³-hybridized carbons (Fsp3) is 0.533. The van der Waals surface area contributed by atoms with Crippen LogP contribution < -0.4 is 5.73 Å². The molecule has 1 aliphatic heterocycles. The van der Waals surface area contributed by atoms with Gasteiger partial charge in [-0.1, -0.05) is 56.2 Å². The Morgan fingerprint density at radius 1 is 1.28 bits per heavy atom. The summed E-state index contributed by atoms with van der Waals surface area (Å²) in [5, 5.41) is 9.00. The minimum absolute atomic E-state index is 0.297. The number of nitrogens with zero attached hydrogens (tertiary/aromatic N) is 1. The van der Waals surface area contributed by atoms with Crippen LogP contribution in [-0.4, -0.2) is 6.71 Å². The van der Waals surface area contributed by atoms with E-state index in [2.05, 4.69) is 30.2 Å². The van der Waals surface area contributed by atoms with Crippen molar-refractivity contribution in [2.24, 2.45) is 11.7 Å². The predicted molar refractivity (Wildman–Crippen MR) is 76.4 cm³/mol. The van der Waals surface area contributed by atoms with Gasteiger partial charge in [0.25, 0.3) is 6.71 Å². The predicted octanol–water partition coefficient (Wildman–Crippen LogP) is 3.05. The van der Waals surface area contributed by atoms with Crippen molar-refractivity contribution in [3.8, 4) is 5.97 Å². The number of hydrogen-bond acceptors (Lipinski definition) is 2. The molecule has 1 heterocycles. The van der Waals surface area contributed by atoms with Gasteiger partial charge in [0.05, 0.1) is 0 Å². The van der Waals surface area contributed by atoms with Crippen LogP contribution in [0.1, 0.15) is 30.4 Å². The van der Waals surface area contributed by atoms with Crippen LogP contribution in [0.3, 0.4) is 0 Å². The second-order valence-electron chi connectivity index (χ2n) is 5.43. The summed E-state index contributed by atoms with van der Waals surface area (Å²) in [6.07, 6.45) is 7.00. The van der Waals surface area contributed by atoms with E-state index in [0.717, 1.165) is 25.0 Å². The molecule has 2 rings (SSSR count). The zero-order chi connectivity index (χ0) is 12.8. The third-order valence-corrected chi connectivity index (χ3v) is 4.02. The normalized spacial score (nSPS) is 20.2. The van der Waals surface area contributed by atoms with Gasteiger partial charge in [0.2, 0.25) is 0 Å². The van der Waals surface area contributed by atoms with Crippen molar-refractivity contribution in [2.45, 2.75) is 44.9 Å². The molecule has 94 valence electrons. The van der Waals surface area contributed by atoms with Crippen molar-refractivity contribution < 1.29 is 0 Å². The van der Waals surface area contributed by atoms with Crippen LogP contribution in [0.5, 0.6) is 0 Å². The van der Waals surface area contributed by atoms with E-state index < -0.39 is 0 Å². The average molecular weight is 240 g/mol. The summed E-state index contributed by atoms with van der Waals surface area (Å²) in [6, 6.07) is 8.62. The lowest BCUT2D eigenvalue weighted by atomic mass is 9.46. The van der Waals surface area contributed by atoms with Crippen molar-refractivity contribution in [1.82, 2.24) is 0 Å². The maximum Gasteiger partial charge on any atom is 0.267 e. The van der Waals surface area contributed by atoms with E-state index in [1.807, 2.05) is 0 Å². The first-order chi connectivity index (χ1) is 8.81. The Hall–Kier alpha value is -1.27. The molecule has 2 nitrogen and oxygen atoms in total. The lowest BCUT2D eigenvalue weighted by molar-refractivity contribution is 0.471. The van der Waals surface area contributed by atoms with Crippen molar-refractivity contribution in [3.05, 3.63) is 35.4 Å². The zero-order valence-electron chi connectivity index (χ0n) is 10.9. The molecule has 0 radical (unpaired) electrons. The SMILES string of the molecule is N#CB1CCCC(Cc2cccc(CN)c2)CC1. The maximum atomic E-state index is 9.00. The smallest absolute Gasteiger partial charge is 0.267 e. The Bertz CT molecular complexity index is 425. The van der Waals surface area contributed by atoms with Crippen LogP contribution in [0.4, 0.5) is 0 Å². The van der Waals surface area contributed by atoms with Crippen molar-refractivity contribution in [1.29, 1.82) is 5.26 Å². The molecule has 0 amide bonds. The summed E-state index contributed by atoms with van der Waals surface area (Å²) in [5.74, 6) is 3.18. The molecule has 0 aromatic heterocycles. The third kappa shape index (κ3) is 3.61. The second kappa shape index (κ2) is 6.61. The fourth-order valence-corrected chi connectivity index (χ4v) is 2.93. The molecular weight excluding hydrogens is 219 g/mol. The molecule has 1 unspecified atom stereocenters. The molecule has 1 aromatic carbocycles. The Morgan fingerprint density at radius 2 is 2.11 bits per heavy atom. The molecule has 2 N–H and O–H groups in total. The van der Waals surface area contributed by atoms with Crippen molar-refractivity contribution in [3.63, 3.8) is 0 Å². The Labute approximate surface area is 110 Å². The molecule has 0 saturated carbocycles. The molecule has 18 heavy (non-hydrogen) atoms. The third-order valence-electron chi connectivity index (χ3n) is 4.02. The van der Waals surface area contributed by atoms with Gasteiger partial charge >= 0.3 is 0 Å². The summed E-state index contributed by atoms with van der Waals surface area (Å²) in [7, 11) is 0. The highest BCUT2D eigenvalue weighted by Gasteiger charge is 2.21. The summed E-state index contributed by atoms with van der Waals surface area (Å²) in [6.45, 7) is 0.917. The van der Waals surface area contributed by atoms with Crippen molar-refractivity contribution >= 4 is 6.71 Å². The zero-order valence-corrected chi connectivity index (χ0v) is 10.9. The molecule has 0 spiro atoms. The first kappa shape index (κ1) is 13.2. The van der Waals surface area contributed by atoms with Gasteiger partial charge < -0.3 is 5.73 Å². The molecule has 1 fully saturated rings. The van der Waals surface area contributed by atoms with E-state index in [1.54, 1.807) is 0 Å². The largest absolute Gasteiger partial charge is 0.326 e. The van der Waals surface area contributed by atoms with Gasteiger partial charge in [0, 0.05) is 12.5 Å². The Morgan fingerprint density at radius 3 is 2.89 bits per heavy atom. The van der Waals surface area contributed by atoms with Crippen molar-refractivity contribution in [2.75, 3.05) is 0 Å². The molecular formula is C15H21BN2. The second-order valence-corrected chi connectivity index (χ2v) is 5.43. The van der Waals surface area contributed by atoms with Gasteiger partial charge in [-0.3, -0.25) is 0 Å². The standard InChI is InChI=1S/C15H21BN2/c17-11-15-4-1-3-14(10-15)9-13-5-2-7-16(12-18)8-6-13/h1,3-4,10,13H,2,5-9,11,17H2. The Kier molecular flexibility index (Phi) is 4.84. The summed E-state index contributed by atoms with van der Waals surface area (Å²) >= 11 is 0. The monoisotopic (exact) mass is 240 g/mol. The van der Waals surface area contributed by atoms with Crippen LogP contribution in [0.25, 0.3) is 0 Å². The van der Waals surface area contributed by atoms with Gasteiger partial charge in [-0.05, 0) is 23.5 Å². The molecule has 1 aliphatic rings. The molecule has 1 aromatic rings. The van der Waals surface area contributed by atoms with Gasteiger partial charge in [0.15, 0.2) is 0 Å². The summed E-state index contributed by atoms with van der Waals surface area (Å²) in [5.41, 5.74) is 8.30. The van der Waals surface area contributed by atoms with Crippen LogP contribution >= 0.6 is 0 Å². The van der Waals surface area contributed by atoms with E-state index in [9.17, 15) is 0 Å². The average Bonchev–Trinajstić information content (AvgIpc) is 2.64. The van der Waals surface area contributed by atoms with Gasteiger partial charge in [-0.2, -0.15) is 0 Å². The highest BCUT2D eigenvalue weighted by Crippen LogP contribution is 2.27. The lowest BCUT2D eigenvalue weighted by Gasteiger charge is -2.14. The lowest BCUT2D eigenvalue weighted by Crippen LogP contribution is -2.08. The van der Waals surface area contributed by atoms with E-state index in [-0.39, 0.29) is 0 Å². The van der Waals surface area contributed by atoms with Gasteiger partial charge in [-0.15, -0.1) is 0 Å². The minimum Gasteiger partial charge on any atom is -0.326 e. The van der Waals surface area contributed by atoms with E-state index in [1.165, 1.54) is 30.4 Å². The van der Waals surface area contributed by atoms with E-state index in [4.69, 9.17) is 11.0 Å². The first-order valence-electron chi connectivity index (χ1n) is 6.99. The Balaban J connectivity index is 1.94. The highest BCUT2D eigenvalue weighted by atomic mass is 14.5. The number of hydrogen-bond donors (Lipinski definition) is 1. The highest BCUT2D eigenvalue weighted by molar-refractivity contribution is 6.66. The number of nitriles is 1. The molecule has 0 bridgehead atoms. The molecule has 1 atom stereocenters. The van der Waals surface area contributed by atoms with Gasteiger partial charge in [0.1, 0.15) is 0 Å². The topological polar surface area (TPSA) is 49.8 Å². The van der Waals surface area contributed by atoms with Crippen LogP contribution in [0.2, 0.25) is 12.6 Å². The van der Waals surface area contributed by atoms with Crippen LogP contribution in [-0.2, 0) is 13.0 Å². The number of nitrogens with two attached hydrogens (primary N) is 1. The van der Waals surface area contributed by atoms with Crippen LogP contribution in [0, 0.1) is 17.1 Å². The van der Waals surface area contributed by atoms with Gasteiger partial charge in [-0.25, -0.2) is 5.26 Å². The number of rotatable bonds is 3. The van der Waals surface area contributed by atoms with Crippen LogP contribution in [0.15, 0.2) is 24.3 Å². The maximum absolute atomic E-state index is 9.00. The fourth-order valence-electron chi connectivity index (χ4n) is 2.93. The first-order valence-corrected chi connectivity index (χ1v) is 6.99. The molecule has 0 aliphatic carbocycles. The summed E-state index contributed by atoms with van der Waals surface area (Å²) in [4.78, 5) is 0. The van der Waals surface area contributed by atoms with E-state index >= 15 is 0 Å². The molecule has 1 saturated heterocycles.